The first-order valence-electron chi connectivity index (χ1n) is 10.7. The molecule has 0 saturated heterocycles. The second kappa shape index (κ2) is 10.2. The summed E-state index contributed by atoms with van der Waals surface area (Å²) in [6.45, 7) is 8.42. The maximum Gasteiger partial charge on any atom is 0.306 e. The van der Waals surface area contributed by atoms with Gasteiger partial charge in [-0.1, -0.05) is 42.0 Å². The molecule has 4 nitrogen and oxygen atoms in total. The molecule has 0 aliphatic rings. The van der Waals surface area contributed by atoms with Crippen molar-refractivity contribution in [3.05, 3.63) is 83.2 Å². The van der Waals surface area contributed by atoms with E-state index in [2.05, 4.69) is 12.1 Å². The first-order chi connectivity index (χ1) is 15.5. The summed E-state index contributed by atoms with van der Waals surface area (Å²) in [7, 11) is -3.73. The van der Waals surface area contributed by atoms with E-state index in [0.29, 0.717) is 18.8 Å². The Bertz CT molecular complexity index is 1270. The molecule has 0 heterocycles. The van der Waals surface area contributed by atoms with Gasteiger partial charge in [0.25, 0.3) is 0 Å². The molecule has 174 valence electrons. The number of benzene rings is 3. The van der Waals surface area contributed by atoms with E-state index in [9.17, 15) is 12.8 Å². The Morgan fingerprint density at radius 1 is 0.879 bits per heavy atom. The molecule has 0 bridgehead atoms. The lowest BCUT2D eigenvalue weighted by Crippen LogP contribution is -2.08. The molecule has 0 radical (unpaired) electrons. The van der Waals surface area contributed by atoms with Crippen LogP contribution < -0.4 is 8.92 Å². The summed E-state index contributed by atoms with van der Waals surface area (Å²) >= 11 is 0. The van der Waals surface area contributed by atoms with Crippen molar-refractivity contribution in [2.75, 3.05) is 12.9 Å². The third-order valence-corrected chi connectivity index (χ3v) is 5.63. The van der Waals surface area contributed by atoms with Crippen LogP contribution in [0, 0.1) is 19.7 Å². The van der Waals surface area contributed by atoms with Gasteiger partial charge in [-0.3, -0.25) is 0 Å². The van der Waals surface area contributed by atoms with E-state index in [-0.39, 0.29) is 11.6 Å². The Morgan fingerprint density at radius 2 is 1.45 bits per heavy atom. The Hall–Kier alpha value is -3.12. The summed E-state index contributed by atoms with van der Waals surface area (Å²) in [5.41, 5.74) is 6.94. The van der Waals surface area contributed by atoms with Crippen molar-refractivity contribution in [2.24, 2.45) is 0 Å². The summed E-state index contributed by atoms with van der Waals surface area (Å²) in [6.07, 6.45) is 3.78. The topological polar surface area (TPSA) is 52.6 Å². The fraction of sp³-hybridized carbons (Fsp3) is 0.259. The van der Waals surface area contributed by atoms with Crippen LogP contribution in [0.2, 0.25) is 0 Å². The van der Waals surface area contributed by atoms with Crippen molar-refractivity contribution in [2.45, 2.75) is 34.1 Å². The minimum Gasteiger partial charge on any atom is -0.489 e. The van der Waals surface area contributed by atoms with Gasteiger partial charge in [0.05, 0.1) is 12.9 Å². The summed E-state index contributed by atoms with van der Waals surface area (Å²) in [6, 6.07) is 15.8. The number of aryl methyl sites for hydroxylation is 2. The lowest BCUT2D eigenvalue weighted by Gasteiger charge is -2.16. The molecule has 0 saturated carbocycles. The lowest BCUT2D eigenvalue weighted by atomic mass is 9.92. The molecule has 6 heteroatoms. The van der Waals surface area contributed by atoms with Crippen molar-refractivity contribution in [3.63, 3.8) is 0 Å². The minimum atomic E-state index is -3.73. The SMILES string of the molecule is CC(C)=CCCOc1ccc(-c2cc(C)c(-c3ccc(F)cc3)cc2C)cc1OS(C)(=O)=O. The molecule has 33 heavy (non-hydrogen) atoms. The quantitative estimate of drug-likeness (QED) is 0.206. The van der Waals surface area contributed by atoms with Crippen molar-refractivity contribution in [1.29, 1.82) is 0 Å². The molecule has 0 unspecified atom stereocenters. The number of hydrogen-bond donors (Lipinski definition) is 0. The van der Waals surface area contributed by atoms with Crippen LogP contribution in [0.3, 0.4) is 0 Å². The molecule has 0 aliphatic heterocycles. The number of halogens is 1. The number of allylic oxidation sites excluding steroid dienone is 1. The van der Waals surface area contributed by atoms with E-state index in [1.54, 1.807) is 24.3 Å². The van der Waals surface area contributed by atoms with Crippen LogP contribution in [0.4, 0.5) is 4.39 Å². The molecule has 0 aliphatic carbocycles. The Morgan fingerprint density at radius 3 is 2.03 bits per heavy atom. The van der Waals surface area contributed by atoms with E-state index in [1.807, 2.05) is 39.8 Å². The van der Waals surface area contributed by atoms with Crippen LogP contribution in [0.5, 0.6) is 11.5 Å². The first kappa shape index (κ1) is 24.5. The van der Waals surface area contributed by atoms with Gasteiger partial charge >= 0.3 is 10.1 Å². The predicted molar refractivity (Wildman–Crippen MR) is 132 cm³/mol. The highest BCUT2D eigenvalue weighted by molar-refractivity contribution is 7.86. The first-order valence-corrected chi connectivity index (χ1v) is 12.5. The van der Waals surface area contributed by atoms with Gasteiger partial charge in [0.2, 0.25) is 0 Å². The normalized spacial score (nSPS) is 11.2. The Kier molecular flexibility index (Phi) is 7.59. The van der Waals surface area contributed by atoms with E-state index in [1.165, 1.54) is 17.7 Å². The van der Waals surface area contributed by atoms with Gasteiger partial charge in [-0.05, 0) is 91.8 Å². The monoisotopic (exact) mass is 468 g/mol. The molecule has 0 fully saturated rings. The van der Waals surface area contributed by atoms with Gasteiger partial charge in [0.15, 0.2) is 11.5 Å². The van der Waals surface area contributed by atoms with Crippen LogP contribution >= 0.6 is 0 Å². The highest BCUT2D eigenvalue weighted by Gasteiger charge is 2.15. The zero-order chi connectivity index (χ0) is 24.2. The van der Waals surface area contributed by atoms with Crippen LogP contribution in [0.15, 0.2) is 66.2 Å². The second-order valence-corrected chi connectivity index (χ2v) is 9.93. The molecule has 0 N–H and O–H groups in total. The smallest absolute Gasteiger partial charge is 0.306 e. The lowest BCUT2D eigenvalue weighted by molar-refractivity contribution is 0.314. The summed E-state index contributed by atoms with van der Waals surface area (Å²) in [5, 5.41) is 0. The van der Waals surface area contributed by atoms with E-state index >= 15 is 0 Å². The van der Waals surface area contributed by atoms with Crippen molar-refractivity contribution >= 4 is 10.1 Å². The standard InChI is InChI=1S/C27H29FO4S/c1-18(2)7-6-14-31-26-13-10-22(17-27(26)32-33(5,29)30)25-16-19(3)24(15-20(25)4)21-8-11-23(28)12-9-21/h7-13,15-17H,6,14H2,1-5H3. The summed E-state index contributed by atoms with van der Waals surface area (Å²) in [4.78, 5) is 0. The molecule has 3 aromatic carbocycles. The fourth-order valence-corrected chi connectivity index (χ4v) is 4.06. The van der Waals surface area contributed by atoms with Gasteiger partial charge in [-0.2, -0.15) is 8.42 Å². The molecule has 0 amide bonds. The van der Waals surface area contributed by atoms with Crippen LogP contribution in [-0.4, -0.2) is 21.3 Å². The van der Waals surface area contributed by atoms with Gasteiger partial charge in [0.1, 0.15) is 5.82 Å². The van der Waals surface area contributed by atoms with Gasteiger partial charge in [-0.25, -0.2) is 4.39 Å². The maximum absolute atomic E-state index is 13.3. The average molecular weight is 469 g/mol. The largest absolute Gasteiger partial charge is 0.489 e. The zero-order valence-electron chi connectivity index (χ0n) is 19.6. The molecule has 3 rings (SSSR count). The van der Waals surface area contributed by atoms with Gasteiger partial charge in [-0.15, -0.1) is 0 Å². The van der Waals surface area contributed by atoms with Crippen LogP contribution in [0.25, 0.3) is 22.3 Å². The van der Waals surface area contributed by atoms with E-state index in [4.69, 9.17) is 8.92 Å². The highest BCUT2D eigenvalue weighted by atomic mass is 32.2. The minimum absolute atomic E-state index is 0.159. The fourth-order valence-electron chi connectivity index (χ4n) is 3.61. The van der Waals surface area contributed by atoms with Crippen molar-refractivity contribution in [3.8, 4) is 33.8 Å². The third kappa shape index (κ3) is 6.68. The van der Waals surface area contributed by atoms with Crippen molar-refractivity contribution in [1.82, 2.24) is 0 Å². The molecule has 0 aromatic heterocycles. The molecular formula is C27H29FO4S. The Labute approximate surface area is 195 Å². The van der Waals surface area contributed by atoms with Gasteiger partial charge < -0.3 is 8.92 Å². The highest BCUT2D eigenvalue weighted by Crippen LogP contribution is 2.37. The number of rotatable bonds is 8. The predicted octanol–water partition coefficient (Wildman–Crippen LogP) is 6.85. The zero-order valence-corrected chi connectivity index (χ0v) is 20.4. The number of ether oxygens (including phenoxy) is 1. The van der Waals surface area contributed by atoms with Crippen LogP contribution in [-0.2, 0) is 10.1 Å². The summed E-state index contributed by atoms with van der Waals surface area (Å²) < 4.78 is 48.1. The Balaban J connectivity index is 1.98. The molecule has 0 spiro atoms. The summed E-state index contributed by atoms with van der Waals surface area (Å²) in [5.74, 6) is 0.266. The molecule has 3 aromatic rings. The average Bonchev–Trinajstić information content (AvgIpc) is 2.73. The number of hydrogen-bond acceptors (Lipinski definition) is 4. The second-order valence-electron chi connectivity index (χ2n) is 8.36. The maximum atomic E-state index is 13.3. The van der Waals surface area contributed by atoms with Crippen LogP contribution in [0.1, 0.15) is 31.4 Å². The van der Waals surface area contributed by atoms with E-state index < -0.39 is 10.1 Å². The molecular weight excluding hydrogens is 439 g/mol. The van der Waals surface area contributed by atoms with Gasteiger partial charge in [0, 0.05) is 0 Å². The van der Waals surface area contributed by atoms with Crippen molar-refractivity contribution < 1.29 is 21.7 Å². The third-order valence-electron chi connectivity index (χ3n) is 5.15. The van der Waals surface area contributed by atoms with E-state index in [0.717, 1.165) is 39.6 Å². The molecule has 0 atom stereocenters.